The van der Waals surface area contributed by atoms with Crippen LogP contribution in [0.3, 0.4) is 0 Å². The highest BCUT2D eigenvalue weighted by atomic mass is 79.9. The SMILES string of the molecule is BrCc1nc(-c2ccccc2)c(-c2ccccc2)s1. The van der Waals surface area contributed by atoms with Crippen LogP contribution in [0.2, 0.25) is 0 Å². The topological polar surface area (TPSA) is 12.9 Å². The van der Waals surface area contributed by atoms with Crippen LogP contribution in [-0.4, -0.2) is 4.98 Å². The minimum absolute atomic E-state index is 0.796. The molecule has 3 rings (SSSR count). The molecule has 0 amide bonds. The summed E-state index contributed by atoms with van der Waals surface area (Å²) in [5.41, 5.74) is 3.47. The van der Waals surface area contributed by atoms with Gasteiger partial charge in [0.15, 0.2) is 0 Å². The Kier molecular flexibility index (Phi) is 3.76. The molecule has 0 atom stereocenters. The summed E-state index contributed by atoms with van der Waals surface area (Å²) in [6, 6.07) is 20.8. The van der Waals surface area contributed by atoms with Crippen LogP contribution in [0.5, 0.6) is 0 Å². The van der Waals surface area contributed by atoms with Gasteiger partial charge in [-0.25, -0.2) is 4.98 Å². The minimum atomic E-state index is 0.796. The maximum atomic E-state index is 4.75. The van der Waals surface area contributed by atoms with Gasteiger partial charge in [0.1, 0.15) is 5.01 Å². The fourth-order valence-corrected chi connectivity index (χ4v) is 3.41. The first-order chi connectivity index (χ1) is 9.38. The number of aromatic nitrogens is 1. The van der Waals surface area contributed by atoms with Gasteiger partial charge in [-0.1, -0.05) is 76.6 Å². The zero-order valence-corrected chi connectivity index (χ0v) is 12.6. The van der Waals surface area contributed by atoms with E-state index in [9.17, 15) is 0 Å². The first-order valence-corrected chi connectivity index (χ1v) is 7.99. The summed E-state index contributed by atoms with van der Waals surface area (Å²) in [6.45, 7) is 0. The van der Waals surface area contributed by atoms with Crippen molar-refractivity contribution in [3.63, 3.8) is 0 Å². The van der Waals surface area contributed by atoms with E-state index >= 15 is 0 Å². The third kappa shape index (κ3) is 2.62. The first-order valence-electron chi connectivity index (χ1n) is 6.05. The second-order valence-electron chi connectivity index (χ2n) is 4.15. The average Bonchev–Trinajstić information content (AvgIpc) is 2.93. The molecule has 0 N–H and O–H groups in total. The summed E-state index contributed by atoms with van der Waals surface area (Å²) in [7, 11) is 0. The smallest absolute Gasteiger partial charge is 0.104 e. The molecule has 3 aromatic rings. The second-order valence-corrected chi connectivity index (χ2v) is 5.80. The maximum Gasteiger partial charge on any atom is 0.104 e. The number of thiazole rings is 1. The van der Waals surface area contributed by atoms with E-state index in [4.69, 9.17) is 4.98 Å². The van der Waals surface area contributed by atoms with Crippen LogP contribution in [0, 0.1) is 0 Å². The lowest BCUT2D eigenvalue weighted by atomic mass is 10.1. The van der Waals surface area contributed by atoms with Gasteiger partial charge in [-0.15, -0.1) is 11.3 Å². The molecule has 0 aliphatic carbocycles. The highest BCUT2D eigenvalue weighted by Gasteiger charge is 2.13. The van der Waals surface area contributed by atoms with Crippen molar-refractivity contribution < 1.29 is 0 Å². The molecular formula is C16H12BrNS. The Hall–Kier alpha value is -1.45. The van der Waals surface area contributed by atoms with Gasteiger partial charge in [0.25, 0.3) is 0 Å². The van der Waals surface area contributed by atoms with E-state index in [1.54, 1.807) is 11.3 Å². The van der Waals surface area contributed by atoms with Crippen LogP contribution in [0.4, 0.5) is 0 Å². The molecule has 94 valence electrons. The molecule has 0 saturated heterocycles. The summed E-state index contributed by atoms with van der Waals surface area (Å²) in [6.07, 6.45) is 0. The molecule has 0 saturated carbocycles. The zero-order chi connectivity index (χ0) is 13.1. The standard InChI is InChI=1S/C16H12BrNS/c17-11-14-18-15(12-7-3-1-4-8-12)16(19-14)13-9-5-2-6-10-13/h1-10H,11H2. The third-order valence-corrected chi connectivity index (χ3v) is 4.88. The molecule has 1 nitrogen and oxygen atoms in total. The van der Waals surface area contributed by atoms with Gasteiger partial charge in [0.2, 0.25) is 0 Å². The Labute approximate surface area is 125 Å². The van der Waals surface area contributed by atoms with Crippen molar-refractivity contribution in [2.75, 3.05) is 0 Å². The van der Waals surface area contributed by atoms with E-state index in [-0.39, 0.29) is 0 Å². The van der Waals surface area contributed by atoms with Gasteiger partial charge in [-0.3, -0.25) is 0 Å². The Bertz CT molecular complexity index is 605. The predicted molar refractivity (Wildman–Crippen MR) is 85.6 cm³/mol. The first kappa shape index (κ1) is 12.6. The number of benzene rings is 2. The minimum Gasteiger partial charge on any atom is -0.240 e. The van der Waals surface area contributed by atoms with Crippen LogP contribution in [-0.2, 0) is 5.33 Å². The normalized spacial score (nSPS) is 10.6. The Balaban J connectivity index is 2.17. The van der Waals surface area contributed by atoms with Crippen LogP contribution in [0.15, 0.2) is 60.7 Å². The monoisotopic (exact) mass is 329 g/mol. The van der Waals surface area contributed by atoms with E-state index in [0.29, 0.717) is 0 Å². The Morgan fingerprint density at radius 1 is 0.842 bits per heavy atom. The van der Waals surface area contributed by atoms with Crippen LogP contribution in [0.25, 0.3) is 21.7 Å². The summed E-state index contributed by atoms with van der Waals surface area (Å²) in [5, 5.41) is 1.90. The van der Waals surface area contributed by atoms with Gasteiger partial charge in [-0.05, 0) is 5.56 Å². The Morgan fingerprint density at radius 3 is 2.00 bits per heavy atom. The second kappa shape index (κ2) is 5.68. The van der Waals surface area contributed by atoms with E-state index in [0.717, 1.165) is 16.0 Å². The van der Waals surface area contributed by atoms with Crippen molar-refractivity contribution in [1.82, 2.24) is 4.98 Å². The molecule has 0 radical (unpaired) electrons. The fraction of sp³-hybridized carbons (Fsp3) is 0.0625. The summed E-state index contributed by atoms with van der Waals surface area (Å²) < 4.78 is 0. The van der Waals surface area contributed by atoms with Gasteiger partial charge in [0.05, 0.1) is 15.9 Å². The zero-order valence-electron chi connectivity index (χ0n) is 10.2. The Morgan fingerprint density at radius 2 is 1.42 bits per heavy atom. The van der Waals surface area contributed by atoms with Crippen LogP contribution in [0.1, 0.15) is 5.01 Å². The molecule has 19 heavy (non-hydrogen) atoms. The number of alkyl halides is 1. The average molecular weight is 330 g/mol. The lowest BCUT2D eigenvalue weighted by molar-refractivity contribution is 1.28. The molecular weight excluding hydrogens is 318 g/mol. The molecule has 0 fully saturated rings. The highest BCUT2D eigenvalue weighted by Crippen LogP contribution is 2.37. The third-order valence-electron chi connectivity index (χ3n) is 2.87. The molecule has 1 aromatic heterocycles. The van der Waals surface area contributed by atoms with Gasteiger partial charge < -0.3 is 0 Å². The summed E-state index contributed by atoms with van der Waals surface area (Å²) >= 11 is 5.25. The number of hydrogen-bond acceptors (Lipinski definition) is 2. The molecule has 0 aliphatic rings. The van der Waals surface area contributed by atoms with Crippen molar-refractivity contribution in [1.29, 1.82) is 0 Å². The van der Waals surface area contributed by atoms with Gasteiger partial charge >= 0.3 is 0 Å². The highest BCUT2D eigenvalue weighted by molar-refractivity contribution is 9.08. The fourth-order valence-electron chi connectivity index (χ4n) is 2.00. The van der Waals surface area contributed by atoms with E-state index in [1.807, 2.05) is 12.1 Å². The van der Waals surface area contributed by atoms with Crippen molar-refractivity contribution in [2.24, 2.45) is 0 Å². The van der Waals surface area contributed by atoms with E-state index < -0.39 is 0 Å². The summed E-state index contributed by atoms with van der Waals surface area (Å²) in [5.74, 6) is 0. The van der Waals surface area contributed by atoms with Crippen molar-refractivity contribution >= 4 is 27.3 Å². The lowest BCUT2D eigenvalue weighted by Gasteiger charge is -2.02. The van der Waals surface area contributed by atoms with Crippen molar-refractivity contribution in [3.8, 4) is 21.7 Å². The number of hydrogen-bond donors (Lipinski definition) is 0. The van der Waals surface area contributed by atoms with Gasteiger partial charge in [-0.2, -0.15) is 0 Å². The maximum absolute atomic E-state index is 4.75. The number of halogens is 1. The molecule has 1 heterocycles. The number of nitrogens with zero attached hydrogens (tertiary/aromatic N) is 1. The quantitative estimate of drug-likeness (QED) is 0.588. The lowest BCUT2D eigenvalue weighted by Crippen LogP contribution is -1.82. The molecule has 0 unspecified atom stereocenters. The molecule has 0 bridgehead atoms. The number of rotatable bonds is 3. The molecule has 0 aliphatic heterocycles. The predicted octanol–water partition coefficient (Wildman–Crippen LogP) is 5.37. The van der Waals surface area contributed by atoms with Gasteiger partial charge in [0, 0.05) is 5.56 Å². The van der Waals surface area contributed by atoms with Crippen LogP contribution >= 0.6 is 27.3 Å². The summed E-state index contributed by atoms with van der Waals surface area (Å²) in [4.78, 5) is 5.98. The largest absolute Gasteiger partial charge is 0.240 e. The van der Waals surface area contributed by atoms with Crippen molar-refractivity contribution in [2.45, 2.75) is 5.33 Å². The van der Waals surface area contributed by atoms with E-state index in [2.05, 4.69) is 64.5 Å². The van der Waals surface area contributed by atoms with Crippen molar-refractivity contribution in [3.05, 3.63) is 65.7 Å². The van der Waals surface area contributed by atoms with E-state index in [1.165, 1.54) is 16.0 Å². The van der Waals surface area contributed by atoms with Crippen LogP contribution < -0.4 is 0 Å². The molecule has 3 heteroatoms. The molecule has 2 aromatic carbocycles. The molecule has 0 spiro atoms.